The van der Waals surface area contributed by atoms with Gasteiger partial charge >= 0.3 is 0 Å². The van der Waals surface area contributed by atoms with Gasteiger partial charge in [-0.05, 0) is 13.0 Å². The third kappa shape index (κ3) is 4.92. The molecule has 114 valence electrons. The van der Waals surface area contributed by atoms with Crippen molar-refractivity contribution in [3.63, 3.8) is 0 Å². The van der Waals surface area contributed by atoms with Gasteiger partial charge in [-0.3, -0.25) is 4.79 Å². The number of ether oxygens (including phenoxy) is 1. The molecule has 0 aliphatic carbocycles. The third-order valence-electron chi connectivity index (χ3n) is 2.40. The van der Waals surface area contributed by atoms with Gasteiger partial charge in [0.2, 0.25) is 5.88 Å². The maximum absolute atomic E-state index is 11.9. The maximum atomic E-state index is 11.9. The van der Waals surface area contributed by atoms with Gasteiger partial charge in [-0.25, -0.2) is 13.4 Å². The Bertz CT molecular complexity index is 679. The van der Waals surface area contributed by atoms with Gasteiger partial charge in [-0.2, -0.15) is 5.26 Å². The number of hydrogen-bond acceptors (Lipinski definition) is 7. The van der Waals surface area contributed by atoms with E-state index in [0.717, 1.165) is 6.26 Å². The van der Waals surface area contributed by atoms with E-state index >= 15 is 0 Å². The number of nitrogens with one attached hydrogen (secondary N) is 1. The number of rotatable bonds is 6. The molecule has 9 heteroatoms. The summed E-state index contributed by atoms with van der Waals surface area (Å²) in [5.74, 6) is -0.785. The van der Waals surface area contributed by atoms with Crippen molar-refractivity contribution < 1.29 is 17.9 Å². The first-order valence-electron chi connectivity index (χ1n) is 6.07. The lowest BCUT2D eigenvalue weighted by molar-refractivity contribution is 0.0950. The fraction of sp³-hybridized carbons (Fsp3) is 0.417. The summed E-state index contributed by atoms with van der Waals surface area (Å²) < 4.78 is 27.1. The molecule has 1 amide bonds. The SMILES string of the molecule is CCOc1nc(C(=O)NCCS(C)(=O)=O)cc(N)c1C#N. The number of carbonyl (C=O) groups excluding carboxylic acids is 1. The van der Waals surface area contributed by atoms with Crippen LogP contribution in [-0.2, 0) is 9.84 Å². The number of carbonyl (C=O) groups is 1. The molecule has 0 saturated heterocycles. The number of anilines is 1. The van der Waals surface area contributed by atoms with Crippen molar-refractivity contribution >= 4 is 21.4 Å². The highest BCUT2D eigenvalue weighted by molar-refractivity contribution is 7.90. The standard InChI is InChI=1S/C12H16N4O4S/c1-3-20-12-8(7-13)9(14)6-10(16-12)11(17)15-4-5-21(2,18)19/h6H,3-5H2,1-2H3,(H2,14,16)(H,15,17). The molecule has 0 unspecified atom stereocenters. The molecule has 0 aliphatic rings. The van der Waals surface area contributed by atoms with E-state index in [1.54, 1.807) is 6.92 Å². The van der Waals surface area contributed by atoms with Crippen LogP contribution in [0.25, 0.3) is 0 Å². The highest BCUT2D eigenvalue weighted by atomic mass is 32.2. The Hall–Kier alpha value is -2.34. The zero-order valence-corrected chi connectivity index (χ0v) is 12.5. The minimum absolute atomic E-state index is 0.0201. The van der Waals surface area contributed by atoms with E-state index in [-0.39, 0.29) is 41.7 Å². The first-order chi connectivity index (χ1) is 9.78. The molecule has 0 spiro atoms. The highest BCUT2D eigenvalue weighted by Gasteiger charge is 2.16. The zero-order valence-electron chi connectivity index (χ0n) is 11.7. The Balaban J connectivity index is 2.93. The van der Waals surface area contributed by atoms with E-state index in [2.05, 4.69) is 10.3 Å². The number of sulfone groups is 1. The molecule has 0 saturated carbocycles. The average Bonchev–Trinajstić information content (AvgIpc) is 2.37. The molecule has 0 aromatic carbocycles. The van der Waals surface area contributed by atoms with Crippen LogP contribution in [0.3, 0.4) is 0 Å². The quantitative estimate of drug-likeness (QED) is 0.736. The Morgan fingerprint density at radius 1 is 1.57 bits per heavy atom. The molecule has 21 heavy (non-hydrogen) atoms. The van der Waals surface area contributed by atoms with Gasteiger partial charge in [0.25, 0.3) is 5.91 Å². The molecule has 1 heterocycles. The van der Waals surface area contributed by atoms with Crippen LogP contribution in [0.2, 0.25) is 0 Å². The number of nitriles is 1. The van der Waals surface area contributed by atoms with Crippen molar-refractivity contribution in [2.75, 3.05) is 30.9 Å². The number of aromatic nitrogens is 1. The lowest BCUT2D eigenvalue weighted by Crippen LogP contribution is -2.29. The minimum atomic E-state index is -3.17. The molecule has 0 atom stereocenters. The van der Waals surface area contributed by atoms with Crippen LogP contribution in [-0.4, -0.2) is 44.5 Å². The van der Waals surface area contributed by atoms with E-state index in [9.17, 15) is 13.2 Å². The maximum Gasteiger partial charge on any atom is 0.270 e. The summed E-state index contributed by atoms with van der Waals surface area (Å²) in [6, 6.07) is 3.10. The lowest BCUT2D eigenvalue weighted by Gasteiger charge is -2.09. The van der Waals surface area contributed by atoms with Crippen LogP contribution in [0, 0.1) is 11.3 Å². The summed E-state index contributed by atoms with van der Waals surface area (Å²) in [5.41, 5.74) is 5.77. The fourth-order valence-electron chi connectivity index (χ4n) is 1.45. The first-order valence-corrected chi connectivity index (χ1v) is 8.14. The number of hydrogen-bond donors (Lipinski definition) is 2. The van der Waals surface area contributed by atoms with Crippen molar-refractivity contribution in [3.05, 3.63) is 17.3 Å². The van der Waals surface area contributed by atoms with Gasteiger partial charge in [0.15, 0.2) is 0 Å². The normalized spacial score (nSPS) is 10.7. The lowest BCUT2D eigenvalue weighted by atomic mass is 10.2. The smallest absolute Gasteiger partial charge is 0.270 e. The van der Waals surface area contributed by atoms with E-state index in [0.29, 0.717) is 0 Å². The molecule has 8 nitrogen and oxygen atoms in total. The van der Waals surface area contributed by atoms with Gasteiger partial charge < -0.3 is 15.8 Å². The largest absolute Gasteiger partial charge is 0.477 e. The van der Waals surface area contributed by atoms with Crippen molar-refractivity contribution in [1.82, 2.24) is 10.3 Å². The molecule has 1 aromatic rings. The monoisotopic (exact) mass is 312 g/mol. The van der Waals surface area contributed by atoms with Gasteiger partial charge in [-0.15, -0.1) is 0 Å². The summed E-state index contributed by atoms with van der Waals surface area (Å²) >= 11 is 0. The summed E-state index contributed by atoms with van der Waals surface area (Å²) in [6.45, 7) is 1.93. The summed E-state index contributed by atoms with van der Waals surface area (Å²) in [5, 5.41) is 11.4. The molecule has 3 N–H and O–H groups in total. The molecule has 1 aromatic heterocycles. The van der Waals surface area contributed by atoms with E-state index in [1.165, 1.54) is 6.07 Å². The van der Waals surface area contributed by atoms with Crippen molar-refractivity contribution in [2.24, 2.45) is 0 Å². The van der Waals surface area contributed by atoms with Crippen LogP contribution < -0.4 is 15.8 Å². The van der Waals surface area contributed by atoms with Crippen molar-refractivity contribution in [2.45, 2.75) is 6.92 Å². The first kappa shape index (κ1) is 16.7. The van der Waals surface area contributed by atoms with Gasteiger partial charge in [0.1, 0.15) is 27.2 Å². The predicted molar refractivity (Wildman–Crippen MR) is 76.6 cm³/mol. The summed E-state index contributed by atoms with van der Waals surface area (Å²) in [7, 11) is -3.17. The third-order valence-corrected chi connectivity index (χ3v) is 3.35. The molecular weight excluding hydrogens is 296 g/mol. The number of nitrogen functional groups attached to an aromatic ring is 1. The van der Waals surface area contributed by atoms with E-state index in [4.69, 9.17) is 15.7 Å². The van der Waals surface area contributed by atoms with Crippen LogP contribution in [0.15, 0.2) is 6.07 Å². The number of pyridine rings is 1. The van der Waals surface area contributed by atoms with Crippen LogP contribution in [0.5, 0.6) is 5.88 Å². The highest BCUT2D eigenvalue weighted by Crippen LogP contribution is 2.22. The fourth-order valence-corrected chi connectivity index (χ4v) is 1.92. The Kier molecular flexibility index (Phi) is 5.49. The zero-order chi connectivity index (χ0) is 16.0. The topological polar surface area (TPSA) is 135 Å². The Labute approximate surface area is 122 Å². The molecule has 0 radical (unpaired) electrons. The van der Waals surface area contributed by atoms with Gasteiger partial charge in [0.05, 0.1) is 18.0 Å². The van der Waals surface area contributed by atoms with Crippen molar-refractivity contribution in [1.29, 1.82) is 5.26 Å². The van der Waals surface area contributed by atoms with E-state index in [1.807, 2.05) is 6.07 Å². The second-order valence-corrected chi connectivity index (χ2v) is 6.47. The number of nitrogens with zero attached hydrogens (tertiary/aromatic N) is 2. The molecule has 0 aliphatic heterocycles. The summed E-state index contributed by atoms with van der Waals surface area (Å²) in [6.07, 6.45) is 1.07. The molecular formula is C12H16N4O4S. The Morgan fingerprint density at radius 3 is 2.76 bits per heavy atom. The Morgan fingerprint density at radius 2 is 2.24 bits per heavy atom. The number of nitrogens with two attached hydrogens (primary N) is 1. The average molecular weight is 312 g/mol. The predicted octanol–water partition coefficient (Wildman–Crippen LogP) is -0.291. The molecule has 1 rings (SSSR count). The van der Waals surface area contributed by atoms with Gasteiger partial charge in [0, 0.05) is 12.8 Å². The van der Waals surface area contributed by atoms with Crippen LogP contribution in [0.1, 0.15) is 23.0 Å². The van der Waals surface area contributed by atoms with E-state index < -0.39 is 15.7 Å². The minimum Gasteiger partial charge on any atom is -0.477 e. The molecule has 0 fully saturated rings. The van der Waals surface area contributed by atoms with Gasteiger partial charge in [-0.1, -0.05) is 0 Å². The van der Waals surface area contributed by atoms with Crippen LogP contribution >= 0.6 is 0 Å². The second kappa shape index (κ2) is 6.90. The van der Waals surface area contributed by atoms with Crippen molar-refractivity contribution in [3.8, 4) is 11.9 Å². The second-order valence-electron chi connectivity index (χ2n) is 4.21. The van der Waals surface area contributed by atoms with Crippen LogP contribution in [0.4, 0.5) is 5.69 Å². The molecule has 0 bridgehead atoms. The summed E-state index contributed by atoms with van der Waals surface area (Å²) in [4.78, 5) is 15.8. The number of amides is 1.